The van der Waals surface area contributed by atoms with Gasteiger partial charge in [0.05, 0.1) is 5.69 Å². The Kier molecular flexibility index (Phi) is 2.83. The average molecular weight is 247 g/mol. The quantitative estimate of drug-likeness (QED) is 0.600. The van der Waals surface area contributed by atoms with Gasteiger partial charge in [0.25, 0.3) is 0 Å². The summed E-state index contributed by atoms with van der Waals surface area (Å²) in [5.41, 5.74) is 6.03. The Hall–Kier alpha value is -2.15. The normalized spacial score (nSPS) is 10.9. The van der Waals surface area contributed by atoms with E-state index in [1.54, 1.807) is 0 Å². The molecule has 0 bridgehead atoms. The van der Waals surface area contributed by atoms with Gasteiger partial charge in [-0.05, 0) is 37.8 Å². The summed E-state index contributed by atoms with van der Waals surface area (Å²) in [4.78, 5) is 4.65. The van der Waals surface area contributed by atoms with Gasteiger partial charge in [0.2, 0.25) is 0 Å². The second kappa shape index (κ2) is 4.51. The molecule has 19 heavy (non-hydrogen) atoms. The van der Waals surface area contributed by atoms with E-state index < -0.39 is 0 Å². The lowest BCUT2D eigenvalue weighted by atomic mass is 9.99. The third-order valence-electron chi connectivity index (χ3n) is 3.57. The van der Waals surface area contributed by atoms with Crippen LogP contribution in [0.1, 0.15) is 16.7 Å². The summed E-state index contributed by atoms with van der Waals surface area (Å²) in [5, 5.41) is 2.53. The molecular weight excluding hydrogens is 230 g/mol. The first-order valence-electron chi connectivity index (χ1n) is 6.58. The molecule has 0 aliphatic carbocycles. The van der Waals surface area contributed by atoms with E-state index in [1.807, 2.05) is 6.20 Å². The molecule has 0 radical (unpaired) electrons. The maximum Gasteiger partial charge on any atom is 0.0780 e. The first-order chi connectivity index (χ1) is 9.15. The van der Waals surface area contributed by atoms with E-state index >= 15 is 0 Å². The molecule has 0 aliphatic rings. The Balaban J connectivity index is 2.32. The minimum Gasteiger partial charge on any atom is -0.255 e. The molecule has 0 unspecified atom stereocenters. The molecule has 0 atom stereocenters. The van der Waals surface area contributed by atoms with Gasteiger partial charge in [-0.2, -0.15) is 0 Å². The van der Waals surface area contributed by atoms with E-state index in [2.05, 4.69) is 68.2 Å². The standard InChI is InChI=1S/C18H17N/c1-12-4-7-15(8-5-12)18-17-10-13(2)6-9-16(17)14(3)11-19-18/h4-11H,1-3H3. The third-order valence-corrected chi connectivity index (χ3v) is 3.57. The van der Waals surface area contributed by atoms with Crippen LogP contribution in [-0.4, -0.2) is 4.98 Å². The molecule has 0 saturated heterocycles. The zero-order chi connectivity index (χ0) is 13.4. The lowest BCUT2D eigenvalue weighted by Crippen LogP contribution is -1.90. The summed E-state index contributed by atoms with van der Waals surface area (Å²) in [6, 6.07) is 15.2. The van der Waals surface area contributed by atoms with Crippen LogP contribution in [0.3, 0.4) is 0 Å². The van der Waals surface area contributed by atoms with Crippen molar-refractivity contribution in [3.05, 3.63) is 65.4 Å². The summed E-state index contributed by atoms with van der Waals surface area (Å²) in [6.45, 7) is 6.35. The molecule has 1 heterocycles. The molecule has 1 aromatic heterocycles. The maximum atomic E-state index is 4.65. The number of nitrogens with zero attached hydrogens (tertiary/aromatic N) is 1. The van der Waals surface area contributed by atoms with Crippen molar-refractivity contribution in [3.8, 4) is 11.3 Å². The molecule has 3 aromatic rings. The van der Waals surface area contributed by atoms with Crippen LogP contribution < -0.4 is 0 Å². The minimum atomic E-state index is 1.07. The van der Waals surface area contributed by atoms with Gasteiger partial charge in [0, 0.05) is 17.1 Å². The molecule has 94 valence electrons. The van der Waals surface area contributed by atoms with Crippen molar-refractivity contribution in [1.29, 1.82) is 0 Å². The van der Waals surface area contributed by atoms with Crippen molar-refractivity contribution in [2.75, 3.05) is 0 Å². The van der Waals surface area contributed by atoms with Gasteiger partial charge in [0.15, 0.2) is 0 Å². The van der Waals surface area contributed by atoms with Crippen molar-refractivity contribution in [3.63, 3.8) is 0 Å². The lowest BCUT2D eigenvalue weighted by molar-refractivity contribution is 1.30. The predicted octanol–water partition coefficient (Wildman–Crippen LogP) is 4.83. The van der Waals surface area contributed by atoms with Crippen LogP contribution in [0.2, 0.25) is 0 Å². The fraction of sp³-hybridized carbons (Fsp3) is 0.167. The number of benzene rings is 2. The highest BCUT2D eigenvalue weighted by Gasteiger charge is 2.07. The van der Waals surface area contributed by atoms with E-state index in [0.29, 0.717) is 0 Å². The number of pyridine rings is 1. The zero-order valence-electron chi connectivity index (χ0n) is 11.6. The van der Waals surface area contributed by atoms with Gasteiger partial charge in [-0.3, -0.25) is 4.98 Å². The molecule has 0 saturated carbocycles. The fourth-order valence-corrected chi connectivity index (χ4v) is 2.44. The lowest BCUT2D eigenvalue weighted by Gasteiger charge is -2.09. The molecular formula is C18H17N. The van der Waals surface area contributed by atoms with Crippen LogP contribution in [0.25, 0.3) is 22.0 Å². The third kappa shape index (κ3) is 2.12. The molecule has 0 aliphatic heterocycles. The van der Waals surface area contributed by atoms with Crippen LogP contribution >= 0.6 is 0 Å². The van der Waals surface area contributed by atoms with Crippen molar-refractivity contribution < 1.29 is 0 Å². The highest BCUT2D eigenvalue weighted by atomic mass is 14.7. The molecule has 3 rings (SSSR count). The predicted molar refractivity (Wildman–Crippen MR) is 81.4 cm³/mol. The van der Waals surface area contributed by atoms with E-state index in [4.69, 9.17) is 0 Å². The van der Waals surface area contributed by atoms with Crippen LogP contribution in [0, 0.1) is 20.8 Å². The highest BCUT2D eigenvalue weighted by molar-refractivity contribution is 5.96. The molecule has 0 fully saturated rings. The topological polar surface area (TPSA) is 12.9 Å². The van der Waals surface area contributed by atoms with Crippen molar-refractivity contribution >= 4 is 10.8 Å². The van der Waals surface area contributed by atoms with Gasteiger partial charge in [-0.15, -0.1) is 0 Å². The summed E-state index contributed by atoms with van der Waals surface area (Å²) in [5.74, 6) is 0. The van der Waals surface area contributed by atoms with Crippen LogP contribution in [0.4, 0.5) is 0 Å². The number of aromatic nitrogens is 1. The van der Waals surface area contributed by atoms with E-state index in [1.165, 1.54) is 33.0 Å². The number of hydrogen-bond donors (Lipinski definition) is 0. The first-order valence-corrected chi connectivity index (χ1v) is 6.58. The van der Waals surface area contributed by atoms with Gasteiger partial charge >= 0.3 is 0 Å². The summed E-state index contributed by atoms with van der Waals surface area (Å²) in [7, 11) is 0. The Bertz CT molecular complexity index is 739. The van der Waals surface area contributed by atoms with E-state index in [9.17, 15) is 0 Å². The molecule has 0 amide bonds. The Morgan fingerprint density at radius 3 is 2.16 bits per heavy atom. The highest BCUT2D eigenvalue weighted by Crippen LogP contribution is 2.29. The second-order valence-corrected chi connectivity index (χ2v) is 5.20. The largest absolute Gasteiger partial charge is 0.255 e. The second-order valence-electron chi connectivity index (χ2n) is 5.20. The average Bonchev–Trinajstić information content (AvgIpc) is 2.40. The fourth-order valence-electron chi connectivity index (χ4n) is 2.44. The van der Waals surface area contributed by atoms with Crippen molar-refractivity contribution in [1.82, 2.24) is 4.98 Å². The SMILES string of the molecule is Cc1ccc(-c2ncc(C)c3ccc(C)cc23)cc1. The summed E-state index contributed by atoms with van der Waals surface area (Å²) >= 11 is 0. The van der Waals surface area contributed by atoms with Gasteiger partial charge in [-0.25, -0.2) is 0 Å². The zero-order valence-corrected chi connectivity index (χ0v) is 11.6. The van der Waals surface area contributed by atoms with Crippen molar-refractivity contribution in [2.45, 2.75) is 20.8 Å². The molecule has 1 heteroatoms. The van der Waals surface area contributed by atoms with Crippen LogP contribution in [0.15, 0.2) is 48.7 Å². The summed E-state index contributed by atoms with van der Waals surface area (Å²) in [6.07, 6.45) is 1.97. The molecule has 0 spiro atoms. The Labute approximate surface area is 113 Å². The Morgan fingerprint density at radius 2 is 1.42 bits per heavy atom. The Morgan fingerprint density at radius 1 is 0.737 bits per heavy atom. The maximum absolute atomic E-state index is 4.65. The molecule has 0 N–H and O–H groups in total. The number of rotatable bonds is 1. The monoisotopic (exact) mass is 247 g/mol. The first kappa shape index (κ1) is 11.9. The van der Waals surface area contributed by atoms with Gasteiger partial charge in [-0.1, -0.05) is 47.5 Å². The smallest absolute Gasteiger partial charge is 0.0780 e. The number of hydrogen-bond acceptors (Lipinski definition) is 1. The molecule has 1 nitrogen and oxygen atoms in total. The van der Waals surface area contributed by atoms with Gasteiger partial charge < -0.3 is 0 Å². The minimum absolute atomic E-state index is 1.07. The van der Waals surface area contributed by atoms with Crippen LogP contribution in [-0.2, 0) is 0 Å². The van der Waals surface area contributed by atoms with Crippen molar-refractivity contribution in [2.24, 2.45) is 0 Å². The number of aryl methyl sites for hydroxylation is 3. The molecule has 2 aromatic carbocycles. The van der Waals surface area contributed by atoms with E-state index in [0.717, 1.165) is 5.69 Å². The van der Waals surface area contributed by atoms with Crippen LogP contribution in [0.5, 0.6) is 0 Å². The number of fused-ring (bicyclic) bond motifs is 1. The van der Waals surface area contributed by atoms with E-state index in [-0.39, 0.29) is 0 Å². The summed E-state index contributed by atoms with van der Waals surface area (Å²) < 4.78 is 0. The van der Waals surface area contributed by atoms with Gasteiger partial charge in [0.1, 0.15) is 0 Å².